The summed E-state index contributed by atoms with van der Waals surface area (Å²) >= 11 is 0. The summed E-state index contributed by atoms with van der Waals surface area (Å²) < 4.78 is 9.40. The molecule has 0 saturated heterocycles. The number of amidine groups is 1. The fraction of sp³-hybridized carbons (Fsp3) is 0.0508. The largest absolute Gasteiger partial charge is 0.454 e. The van der Waals surface area contributed by atoms with Gasteiger partial charge in [0, 0.05) is 38.6 Å². The molecular weight excluding hydrogens is 767 g/mol. The Bertz CT molecular complexity index is 3970. The van der Waals surface area contributed by atoms with Gasteiger partial charge in [-0.25, -0.2) is 9.98 Å². The molecule has 0 radical (unpaired) electrons. The highest BCUT2D eigenvalue weighted by atomic mass is 16.3. The third-order valence-corrected chi connectivity index (χ3v) is 13.2. The molecule has 63 heavy (non-hydrogen) atoms. The Hall–Kier alpha value is -8.08. The second-order valence-electron chi connectivity index (χ2n) is 16.9. The molecule has 2 aromatic heterocycles. The SMILES string of the molecule is CC1C/C=C(\c2ccc3c(oc4ccccc43)c2-n2c3ccccc3c3cc4ccccc4cc32)N=C(c2ccc3c(ccc4ccccc43)c2)N=C1c1ccc2ccccc2c1. The van der Waals surface area contributed by atoms with Gasteiger partial charge in [0.15, 0.2) is 11.4 Å². The Morgan fingerprint density at radius 1 is 0.460 bits per heavy atom. The topological polar surface area (TPSA) is 42.8 Å². The van der Waals surface area contributed by atoms with Crippen LogP contribution in [0.2, 0.25) is 0 Å². The number of aromatic nitrogens is 1. The van der Waals surface area contributed by atoms with Gasteiger partial charge in [-0.2, -0.15) is 0 Å². The van der Waals surface area contributed by atoms with Crippen LogP contribution in [0.5, 0.6) is 0 Å². The van der Waals surface area contributed by atoms with Gasteiger partial charge >= 0.3 is 0 Å². The number of aliphatic imine (C=N–C) groups is 2. The molecule has 0 aliphatic carbocycles. The molecule has 13 rings (SSSR count). The zero-order valence-corrected chi connectivity index (χ0v) is 34.6. The summed E-state index contributed by atoms with van der Waals surface area (Å²) in [6.45, 7) is 2.29. The predicted molar refractivity (Wildman–Crippen MR) is 266 cm³/mol. The van der Waals surface area contributed by atoms with Crippen molar-refractivity contribution in [2.24, 2.45) is 15.9 Å². The molecule has 296 valence electrons. The third-order valence-electron chi connectivity index (χ3n) is 13.2. The Morgan fingerprint density at radius 2 is 1.08 bits per heavy atom. The highest BCUT2D eigenvalue weighted by Crippen LogP contribution is 2.43. The first-order chi connectivity index (χ1) is 31.1. The van der Waals surface area contributed by atoms with E-state index in [-0.39, 0.29) is 5.92 Å². The maximum absolute atomic E-state index is 6.98. The molecule has 1 aliphatic rings. The maximum atomic E-state index is 6.98. The smallest absolute Gasteiger partial charge is 0.160 e. The lowest BCUT2D eigenvalue weighted by Gasteiger charge is -2.20. The molecule has 0 fully saturated rings. The van der Waals surface area contributed by atoms with Crippen LogP contribution in [0.1, 0.15) is 30.0 Å². The first-order valence-corrected chi connectivity index (χ1v) is 21.8. The number of para-hydroxylation sites is 2. The van der Waals surface area contributed by atoms with E-state index >= 15 is 0 Å². The Kier molecular flexibility index (Phi) is 7.91. The van der Waals surface area contributed by atoms with Crippen molar-refractivity contribution in [3.63, 3.8) is 0 Å². The molecule has 1 atom stereocenters. The van der Waals surface area contributed by atoms with Crippen molar-refractivity contribution in [1.29, 1.82) is 0 Å². The number of benzene rings is 10. The Labute approximate surface area is 363 Å². The monoisotopic (exact) mass is 805 g/mol. The minimum Gasteiger partial charge on any atom is -0.454 e. The number of hydrogen-bond donors (Lipinski definition) is 0. The Morgan fingerprint density at radius 3 is 1.94 bits per heavy atom. The van der Waals surface area contributed by atoms with E-state index < -0.39 is 0 Å². The molecule has 0 bridgehead atoms. The van der Waals surface area contributed by atoms with E-state index in [0.717, 1.165) is 78.6 Å². The molecule has 0 N–H and O–H groups in total. The predicted octanol–water partition coefficient (Wildman–Crippen LogP) is 15.6. The molecule has 4 nitrogen and oxygen atoms in total. The summed E-state index contributed by atoms with van der Waals surface area (Å²) in [6, 6.07) is 69.8. The van der Waals surface area contributed by atoms with Gasteiger partial charge in [-0.3, -0.25) is 0 Å². The average Bonchev–Trinajstić information content (AvgIpc) is 3.87. The van der Waals surface area contributed by atoms with E-state index in [1.165, 1.54) is 48.5 Å². The number of hydrogen-bond acceptors (Lipinski definition) is 3. The van der Waals surface area contributed by atoms with E-state index in [0.29, 0.717) is 5.84 Å². The van der Waals surface area contributed by atoms with Crippen LogP contribution in [-0.4, -0.2) is 16.1 Å². The van der Waals surface area contributed by atoms with Crippen LogP contribution < -0.4 is 0 Å². The zero-order valence-electron chi connectivity index (χ0n) is 34.6. The standard InChI is InChI=1S/C59H39N3O/c1-36-22-31-52(60-59(61-56(36)43-26-23-37-12-2-3-14-39(37)32-43)44-27-28-46-42(33-44)25-24-38-13-6-7-17-45(38)46)50-30-29-49-48-19-9-11-21-55(48)63-58(49)57(50)62-53-20-10-8-18-47(53)51-34-40-15-4-5-16-41(40)35-54(51)62/h2-21,23-36H,22H2,1H3/b52-31+,60-59?,61-56?. The van der Waals surface area contributed by atoms with E-state index in [4.69, 9.17) is 14.4 Å². The van der Waals surface area contributed by atoms with Gasteiger partial charge in [0.25, 0.3) is 0 Å². The van der Waals surface area contributed by atoms with Crippen LogP contribution in [-0.2, 0) is 0 Å². The van der Waals surface area contributed by atoms with E-state index in [2.05, 4.69) is 206 Å². The highest BCUT2D eigenvalue weighted by Gasteiger charge is 2.25. The molecule has 0 amide bonds. The fourth-order valence-corrected chi connectivity index (χ4v) is 10.1. The molecule has 0 saturated carbocycles. The number of rotatable bonds is 4. The first-order valence-electron chi connectivity index (χ1n) is 21.8. The number of allylic oxidation sites excluding steroid dienone is 1. The van der Waals surface area contributed by atoms with Crippen molar-refractivity contribution in [3.05, 3.63) is 217 Å². The Balaban J connectivity index is 1.10. The van der Waals surface area contributed by atoms with Gasteiger partial charge in [0.05, 0.1) is 28.1 Å². The molecule has 3 heterocycles. The van der Waals surface area contributed by atoms with Crippen LogP contribution in [0, 0.1) is 5.92 Å². The average molecular weight is 806 g/mol. The van der Waals surface area contributed by atoms with Gasteiger partial charge in [-0.15, -0.1) is 0 Å². The first kappa shape index (κ1) is 35.7. The molecular formula is C59H39N3O. The van der Waals surface area contributed by atoms with E-state index in [1.54, 1.807) is 0 Å². The van der Waals surface area contributed by atoms with Crippen LogP contribution >= 0.6 is 0 Å². The molecule has 1 aliphatic heterocycles. The second-order valence-corrected chi connectivity index (χ2v) is 16.9. The van der Waals surface area contributed by atoms with Crippen LogP contribution in [0.3, 0.4) is 0 Å². The third kappa shape index (κ3) is 5.68. The van der Waals surface area contributed by atoms with Crippen molar-refractivity contribution < 1.29 is 4.42 Å². The summed E-state index contributed by atoms with van der Waals surface area (Å²) in [7, 11) is 0. The van der Waals surface area contributed by atoms with Crippen LogP contribution in [0.25, 0.3) is 98.2 Å². The summed E-state index contributed by atoms with van der Waals surface area (Å²) in [4.78, 5) is 11.3. The van der Waals surface area contributed by atoms with Crippen molar-refractivity contribution in [2.45, 2.75) is 13.3 Å². The number of fused-ring (bicyclic) bond motifs is 11. The van der Waals surface area contributed by atoms with Crippen molar-refractivity contribution >= 4 is 104 Å². The minimum absolute atomic E-state index is 0.0917. The van der Waals surface area contributed by atoms with Gasteiger partial charge in [-0.1, -0.05) is 159 Å². The van der Waals surface area contributed by atoms with E-state index in [1.807, 2.05) is 6.07 Å². The van der Waals surface area contributed by atoms with Gasteiger partial charge in [-0.05, 0) is 104 Å². The zero-order chi connectivity index (χ0) is 41.6. The molecule has 10 aromatic carbocycles. The second kappa shape index (κ2) is 14.0. The summed E-state index contributed by atoms with van der Waals surface area (Å²) in [5.74, 6) is 0.768. The summed E-state index contributed by atoms with van der Waals surface area (Å²) in [5, 5.41) is 14.2. The molecule has 12 aromatic rings. The quantitative estimate of drug-likeness (QED) is 0.163. The lowest BCUT2D eigenvalue weighted by atomic mass is 9.92. The van der Waals surface area contributed by atoms with Crippen molar-refractivity contribution in [1.82, 2.24) is 4.57 Å². The van der Waals surface area contributed by atoms with E-state index in [9.17, 15) is 0 Å². The van der Waals surface area contributed by atoms with Crippen molar-refractivity contribution in [2.75, 3.05) is 0 Å². The number of furan rings is 1. The van der Waals surface area contributed by atoms with Crippen LogP contribution in [0.15, 0.2) is 215 Å². The summed E-state index contributed by atoms with van der Waals surface area (Å²) in [6.07, 6.45) is 3.07. The highest BCUT2D eigenvalue weighted by molar-refractivity contribution is 6.19. The van der Waals surface area contributed by atoms with Gasteiger partial charge < -0.3 is 8.98 Å². The number of nitrogens with zero attached hydrogens (tertiary/aromatic N) is 3. The maximum Gasteiger partial charge on any atom is 0.160 e. The lowest BCUT2D eigenvalue weighted by Crippen LogP contribution is -2.17. The molecule has 0 spiro atoms. The minimum atomic E-state index is 0.0917. The fourth-order valence-electron chi connectivity index (χ4n) is 10.1. The molecule has 1 unspecified atom stereocenters. The van der Waals surface area contributed by atoms with Crippen molar-refractivity contribution in [3.8, 4) is 5.69 Å². The normalized spacial score (nSPS) is 15.6. The van der Waals surface area contributed by atoms with Gasteiger partial charge in [0.1, 0.15) is 5.58 Å². The molecule has 4 heteroatoms. The van der Waals surface area contributed by atoms with Gasteiger partial charge in [0.2, 0.25) is 0 Å². The van der Waals surface area contributed by atoms with Crippen LogP contribution in [0.4, 0.5) is 0 Å². The lowest BCUT2D eigenvalue weighted by molar-refractivity contribution is 0.666. The summed E-state index contributed by atoms with van der Waals surface area (Å²) in [5.41, 5.74) is 9.83.